The molecule has 1 aromatic rings. The summed E-state index contributed by atoms with van der Waals surface area (Å²) >= 11 is 0. The monoisotopic (exact) mass is 218 g/mol. The van der Waals surface area contributed by atoms with Crippen LogP contribution >= 0.6 is 0 Å². The Labute approximate surface area is 97.3 Å². The standard InChI is InChI=1S/C13H18N2O/c1-11-5-6-12(10-14)13(9-11)16-8-4-7-15(2)3/h5-6,9H,4,7-8H2,1-3H3. The van der Waals surface area contributed by atoms with Crippen LogP contribution in [0.3, 0.4) is 0 Å². The lowest BCUT2D eigenvalue weighted by Gasteiger charge is -2.11. The van der Waals surface area contributed by atoms with E-state index in [0.717, 1.165) is 18.5 Å². The van der Waals surface area contributed by atoms with Gasteiger partial charge < -0.3 is 9.64 Å². The summed E-state index contributed by atoms with van der Waals surface area (Å²) in [6, 6.07) is 7.77. The summed E-state index contributed by atoms with van der Waals surface area (Å²) < 4.78 is 5.61. The third-order valence-electron chi connectivity index (χ3n) is 2.26. The van der Waals surface area contributed by atoms with Crippen LogP contribution in [0.2, 0.25) is 0 Å². The first-order chi connectivity index (χ1) is 7.63. The van der Waals surface area contributed by atoms with E-state index in [2.05, 4.69) is 11.0 Å². The van der Waals surface area contributed by atoms with Gasteiger partial charge in [-0.3, -0.25) is 0 Å². The number of aryl methyl sites for hydroxylation is 1. The molecular formula is C13H18N2O. The topological polar surface area (TPSA) is 36.3 Å². The molecule has 86 valence electrons. The molecule has 0 spiro atoms. The minimum atomic E-state index is 0.607. The molecule has 0 aliphatic carbocycles. The predicted molar refractivity (Wildman–Crippen MR) is 64.6 cm³/mol. The van der Waals surface area contributed by atoms with Crippen LogP contribution < -0.4 is 4.74 Å². The van der Waals surface area contributed by atoms with Gasteiger partial charge >= 0.3 is 0 Å². The quantitative estimate of drug-likeness (QED) is 0.711. The minimum Gasteiger partial charge on any atom is -0.492 e. The van der Waals surface area contributed by atoms with Gasteiger partial charge in [0.2, 0.25) is 0 Å². The van der Waals surface area contributed by atoms with E-state index in [9.17, 15) is 0 Å². The Morgan fingerprint density at radius 1 is 1.38 bits per heavy atom. The Balaban J connectivity index is 2.53. The van der Waals surface area contributed by atoms with Gasteiger partial charge in [-0.2, -0.15) is 5.26 Å². The van der Waals surface area contributed by atoms with Gasteiger partial charge in [0.15, 0.2) is 0 Å². The van der Waals surface area contributed by atoms with Crippen molar-refractivity contribution < 1.29 is 4.74 Å². The van der Waals surface area contributed by atoms with E-state index in [-0.39, 0.29) is 0 Å². The molecule has 0 heterocycles. The van der Waals surface area contributed by atoms with Crippen molar-refractivity contribution in [2.75, 3.05) is 27.2 Å². The van der Waals surface area contributed by atoms with Crippen molar-refractivity contribution in [1.29, 1.82) is 5.26 Å². The summed E-state index contributed by atoms with van der Waals surface area (Å²) in [6.45, 7) is 3.64. The Kier molecular flexibility index (Phi) is 4.81. The van der Waals surface area contributed by atoms with E-state index in [1.54, 1.807) is 6.07 Å². The van der Waals surface area contributed by atoms with E-state index in [1.807, 2.05) is 33.2 Å². The number of hydrogen-bond acceptors (Lipinski definition) is 3. The average molecular weight is 218 g/mol. The number of nitrogens with zero attached hydrogens (tertiary/aromatic N) is 2. The first kappa shape index (κ1) is 12.5. The fourth-order valence-corrected chi connectivity index (χ4v) is 1.40. The molecule has 0 N–H and O–H groups in total. The number of hydrogen-bond donors (Lipinski definition) is 0. The molecule has 0 aliphatic rings. The van der Waals surface area contributed by atoms with Crippen molar-refractivity contribution in [3.8, 4) is 11.8 Å². The van der Waals surface area contributed by atoms with Crippen molar-refractivity contribution >= 4 is 0 Å². The molecule has 0 bridgehead atoms. The van der Waals surface area contributed by atoms with Gasteiger partial charge in [0.25, 0.3) is 0 Å². The lowest BCUT2D eigenvalue weighted by Crippen LogP contribution is -2.15. The minimum absolute atomic E-state index is 0.607. The van der Waals surface area contributed by atoms with E-state index in [4.69, 9.17) is 10.00 Å². The number of benzene rings is 1. The zero-order valence-corrected chi connectivity index (χ0v) is 10.2. The van der Waals surface area contributed by atoms with Crippen LogP contribution in [-0.2, 0) is 0 Å². The van der Waals surface area contributed by atoms with Crippen LogP contribution in [0.4, 0.5) is 0 Å². The molecule has 1 aromatic carbocycles. The highest BCUT2D eigenvalue weighted by Crippen LogP contribution is 2.19. The molecule has 0 saturated carbocycles. The van der Waals surface area contributed by atoms with E-state index < -0.39 is 0 Å². The Bertz CT molecular complexity index is 380. The molecular weight excluding hydrogens is 200 g/mol. The SMILES string of the molecule is Cc1ccc(C#N)c(OCCCN(C)C)c1. The van der Waals surface area contributed by atoms with Gasteiger partial charge in [-0.15, -0.1) is 0 Å². The van der Waals surface area contributed by atoms with Gasteiger partial charge in [0.1, 0.15) is 11.8 Å². The summed E-state index contributed by atoms with van der Waals surface area (Å²) in [5.41, 5.74) is 1.72. The highest BCUT2D eigenvalue weighted by Gasteiger charge is 2.03. The molecule has 3 heteroatoms. The summed E-state index contributed by atoms with van der Waals surface area (Å²) in [4.78, 5) is 2.12. The first-order valence-electron chi connectivity index (χ1n) is 5.42. The van der Waals surface area contributed by atoms with Gasteiger partial charge in [-0.1, -0.05) is 6.07 Å². The average Bonchev–Trinajstić information content (AvgIpc) is 2.24. The third kappa shape index (κ3) is 3.92. The van der Waals surface area contributed by atoms with Crippen LogP contribution in [-0.4, -0.2) is 32.1 Å². The number of ether oxygens (including phenoxy) is 1. The lowest BCUT2D eigenvalue weighted by molar-refractivity contribution is 0.281. The maximum Gasteiger partial charge on any atom is 0.137 e. The molecule has 0 radical (unpaired) electrons. The first-order valence-corrected chi connectivity index (χ1v) is 5.42. The van der Waals surface area contributed by atoms with Gasteiger partial charge in [-0.05, 0) is 45.1 Å². The smallest absolute Gasteiger partial charge is 0.137 e. The van der Waals surface area contributed by atoms with Crippen molar-refractivity contribution in [2.24, 2.45) is 0 Å². The van der Waals surface area contributed by atoms with Gasteiger partial charge in [0, 0.05) is 6.54 Å². The van der Waals surface area contributed by atoms with Gasteiger partial charge in [-0.25, -0.2) is 0 Å². The summed E-state index contributed by atoms with van der Waals surface area (Å²) in [5.74, 6) is 0.696. The normalized spacial score (nSPS) is 10.2. The second-order valence-electron chi connectivity index (χ2n) is 4.12. The van der Waals surface area contributed by atoms with Crippen LogP contribution in [0.25, 0.3) is 0 Å². The molecule has 3 nitrogen and oxygen atoms in total. The van der Waals surface area contributed by atoms with E-state index in [1.165, 1.54) is 0 Å². The van der Waals surface area contributed by atoms with Crippen molar-refractivity contribution in [3.05, 3.63) is 29.3 Å². The van der Waals surface area contributed by atoms with Crippen molar-refractivity contribution in [2.45, 2.75) is 13.3 Å². The van der Waals surface area contributed by atoms with Crippen LogP contribution in [0, 0.1) is 18.3 Å². The second kappa shape index (κ2) is 6.14. The third-order valence-corrected chi connectivity index (χ3v) is 2.26. The zero-order valence-electron chi connectivity index (χ0n) is 10.2. The second-order valence-corrected chi connectivity index (χ2v) is 4.12. The summed E-state index contributed by atoms with van der Waals surface area (Å²) in [7, 11) is 4.07. The Morgan fingerprint density at radius 3 is 2.75 bits per heavy atom. The van der Waals surface area contributed by atoms with E-state index >= 15 is 0 Å². The largest absolute Gasteiger partial charge is 0.492 e. The molecule has 1 rings (SSSR count). The van der Waals surface area contributed by atoms with Gasteiger partial charge in [0.05, 0.1) is 12.2 Å². The molecule has 0 saturated heterocycles. The van der Waals surface area contributed by atoms with Crippen LogP contribution in [0.15, 0.2) is 18.2 Å². The van der Waals surface area contributed by atoms with Crippen molar-refractivity contribution in [1.82, 2.24) is 4.90 Å². The van der Waals surface area contributed by atoms with E-state index in [0.29, 0.717) is 17.9 Å². The molecule has 0 unspecified atom stereocenters. The lowest BCUT2D eigenvalue weighted by atomic mass is 10.1. The number of nitriles is 1. The predicted octanol–water partition coefficient (Wildman–Crippen LogP) is 2.20. The summed E-state index contributed by atoms with van der Waals surface area (Å²) in [6.07, 6.45) is 0.964. The molecule has 16 heavy (non-hydrogen) atoms. The van der Waals surface area contributed by atoms with Crippen LogP contribution in [0.1, 0.15) is 17.5 Å². The number of rotatable bonds is 5. The Morgan fingerprint density at radius 2 is 2.12 bits per heavy atom. The maximum absolute atomic E-state index is 8.92. The molecule has 0 aliphatic heterocycles. The highest BCUT2D eigenvalue weighted by molar-refractivity contribution is 5.44. The zero-order chi connectivity index (χ0) is 12.0. The molecule has 0 aromatic heterocycles. The maximum atomic E-state index is 8.92. The highest BCUT2D eigenvalue weighted by atomic mass is 16.5. The fraction of sp³-hybridized carbons (Fsp3) is 0.462. The molecule has 0 atom stereocenters. The molecule has 0 amide bonds. The summed E-state index contributed by atoms with van der Waals surface area (Å²) in [5, 5.41) is 8.92. The fourth-order valence-electron chi connectivity index (χ4n) is 1.40. The molecule has 0 fully saturated rings. The Hall–Kier alpha value is -1.53. The van der Waals surface area contributed by atoms with Crippen LogP contribution in [0.5, 0.6) is 5.75 Å². The van der Waals surface area contributed by atoms with Crippen molar-refractivity contribution in [3.63, 3.8) is 0 Å².